The third-order valence-electron chi connectivity index (χ3n) is 2.53. The van der Waals surface area contributed by atoms with Crippen molar-refractivity contribution >= 4 is 33.5 Å². The van der Waals surface area contributed by atoms with Crippen molar-refractivity contribution in [1.29, 1.82) is 0 Å². The molecule has 1 aromatic heterocycles. The van der Waals surface area contributed by atoms with E-state index in [9.17, 15) is 13.2 Å². The summed E-state index contributed by atoms with van der Waals surface area (Å²) in [7, 11) is -3.29. The lowest BCUT2D eigenvalue weighted by atomic mass is 10.2. The molecule has 0 spiro atoms. The monoisotopic (exact) mass is 344 g/mol. The van der Waals surface area contributed by atoms with Crippen LogP contribution >= 0.6 is 11.6 Å². The minimum atomic E-state index is -3.29. The van der Waals surface area contributed by atoms with Crippen molar-refractivity contribution in [3.05, 3.63) is 34.9 Å². The van der Waals surface area contributed by atoms with Crippen molar-refractivity contribution < 1.29 is 13.2 Å². The largest absolute Gasteiger partial charge is 0.289 e. The van der Waals surface area contributed by atoms with E-state index in [1.165, 1.54) is 10.7 Å². The molecule has 11 heteroatoms. The Labute approximate surface area is 131 Å². The molecule has 2 N–H and O–H groups in total. The van der Waals surface area contributed by atoms with Gasteiger partial charge in [0.15, 0.2) is 0 Å². The van der Waals surface area contributed by atoms with Crippen LogP contribution in [0.25, 0.3) is 0 Å². The fourth-order valence-corrected chi connectivity index (χ4v) is 2.24. The average Bonchev–Trinajstić information content (AvgIpc) is 2.85. The zero-order chi connectivity index (χ0) is 16.2. The van der Waals surface area contributed by atoms with Crippen LogP contribution in [0.5, 0.6) is 0 Å². The van der Waals surface area contributed by atoms with Crippen molar-refractivity contribution in [3.8, 4) is 0 Å². The van der Waals surface area contributed by atoms with Crippen LogP contribution in [-0.4, -0.2) is 47.3 Å². The molecule has 22 heavy (non-hydrogen) atoms. The van der Waals surface area contributed by atoms with Gasteiger partial charge in [-0.2, -0.15) is 0 Å². The van der Waals surface area contributed by atoms with Gasteiger partial charge in [0.2, 0.25) is 16.0 Å². The quantitative estimate of drug-likeness (QED) is 0.768. The number of rotatable bonds is 6. The van der Waals surface area contributed by atoms with Gasteiger partial charge in [0.05, 0.1) is 12.8 Å². The molecular weight excluding hydrogens is 332 g/mol. The number of hydrogen-bond donors (Lipinski definition) is 2. The lowest BCUT2D eigenvalue weighted by Crippen LogP contribution is -2.27. The fourth-order valence-electron chi connectivity index (χ4n) is 1.59. The molecule has 0 bridgehead atoms. The van der Waals surface area contributed by atoms with Gasteiger partial charge in [-0.15, -0.1) is 0 Å². The molecule has 9 nitrogen and oxygen atoms in total. The van der Waals surface area contributed by atoms with Crippen LogP contribution in [-0.2, 0) is 16.6 Å². The number of nitrogens with one attached hydrogen (secondary N) is 2. The number of carbonyl (C=O) groups is 1. The summed E-state index contributed by atoms with van der Waals surface area (Å²) in [5, 5.41) is 13.8. The Morgan fingerprint density at radius 2 is 2.18 bits per heavy atom. The highest BCUT2D eigenvalue weighted by Gasteiger charge is 2.12. The third-order valence-corrected chi connectivity index (χ3v) is 3.50. The Hall–Kier alpha value is -2.04. The van der Waals surface area contributed by atoms with Crippen molar-refractivity contribution in [3.63, 3.8) is 0 Å². The highest BCUT2D eigenvalue weighted by molar-refractivity contribution is 7.88. The average molecular weight is 345 g/mol. The van der Waals surface area contributed by atoms with Crippen LogP contribution in [0.2, 0.25) is 5.02 Å². The fraction of sp³-hybridized carbons (Fsp3) is 0.273. The van der Waals surface area contributed by atoms with Crippen molar-refractivity contribution in [2.45, 2.75) is 6.54 Å². The van der Waals surface area contributed by atoms with Gasteiger partial charge in [-0.05, 0) is 28.6 Å². The van der Waals surface area contributed by atoms with Crippen LogP contribution in [0.1, 0.15) is 10.4 Å². The molecule has 0 aliphatic rings. The van der Waals surface area contributed by atoms with E-state index in [1.54, 1.807) is 18.2 Å². The second-order valence-electron chi connectivity index (χ2n) is 4.36. The maximum absolute atomic E-state index is 12.1. The van der Waals surface area contributed by atoms with Crippen molar-refractivity contribution in [2.75, 3.05) is 18.1 Å². The van der Waals surface area contributed by atoms with Gasteiger partial charge in [0.1, 0.15) is 0 Å². The number of sulfonamides is 1. The summed E-state index contributed by atoms with van der Waals surface area (Å²) in [6.07, 6.45) is 1.05. The minimum Gasteiger partial charge on any atom is -0.289 e. The summed E-state index contributed by atoms with van der Waals surface area (Å²) in [6, 6.07) is 6.41. The van der Waals surface area contributed by atoms with Crippen LogP contribution in [0, 0.1) is 0 Å². The van der Waals surface area contributed by atoms with E-state index in [0.29, 0.717) is 10.6 Å². The van der Waals surface area contributed by atoms with Crippen LogP contribution in [0.3, 0.4) is 0 Å². The first-order valence-corrected chi connectivity index (χ1v) is 8.40. The van der Waals surface area contributed by atoms with E-state index in [2.05, 4.69) is 25.6 Å². The molecule has 2 aromatic rings. The molecule has 0 aliphatic heterocycles. The minimum absolute atomic E-state index is 0.101. The molecule has 0 saturated carbocycles. The normalized spacial score (nSPS) is 11.4. The highest BCUT2D eigenvalue weighted by Crippen LogP contribution is 2.12. The van der Waals surface area contributed by atoms with Gasteiger partial charge in [0.25, 0.3) is 5.91 Å². The molecule has 0 aliphatic carbocycles. The molecule has 1 amide bonds. The number of halogens is 1. The molecular formula is C11H13ClN6O3S. The smallest absolute Gasteiger partial charge is 0.258 e. The lowest BCUT2D eigenvalue weighted by Gasteiger charge is -2.06. The van der Waals surface area contributed by atoms with Crippen molar-refractivity contribution in [1.82, 2.24) is 24.9 Å². The Kier molecular flexibility index (Phi) is 5.06. The number of nitrogens with zero attached hydrogens (tertiary/aromatic N) is 4. The molecule has 1 heterocycles. The summed E-state index contributed by atoms with van der Waals surface area (Å²) >= 11 is 5.82. The number of tetrazole rings is 1. The van der Waals surface area contributed by atoms with Crippen LogP contribution < -0.4 is 10.0 Å². The summed E-state index contributed by atoms with van der Waals surface area (Å²) < 4.78 is 25.6. The maximum Gasteiger partial charge on any atom is 0.258 e. The molecule has 2 rings (SSSR count). The van der Waals surface area contributed by atoms with E-state index in [4.69, 9.17) is 11.6 Å². The number of aromatic nitrogens is 4. The summed E-state index contributed by atoms with van der Waals surface area (Å²) in [5.41, 5.74) is 0.358. The molecule has 0 fully saturated rings. The van der Waals surface area contributed by atoms with Gasteiger partial charge in [0, 0.05) is 17.1 Å². The van der Waals surface area contributed by atoms with Gasteiger partial charge >= 0.3 is 0 Å². The molecule has 0 atom stereocenters. The first-order valence-electron chi connectivity index (χ1n) is 6.13. The predicted octanol–water partition coefficient (Wildman–Crippen LogP) is 0.128. The van der Waals surface area contributed by atoms with E-state index in [1.807, 2.05) is 0 Å². The first kappa shape index (κ1) is 16.3. The SMILES string of the molecule is CS(=O)(=O)NCCn1nnnc1NC(=O)c1cccc(Cl)c1. The number of carbonyl (C=O) groups excluding carboxylic acids is 1. The Morgan fingerprint density at radius 3 is 2.86 bits per heavy atom. The molecule has 0 radical (unpaired) electrons. The summed E-state index contributed by atoms with van der Waals surface area (Å²) in [5.74, 6) is -0.310. The van der Waals surface area contributed by atoms with E-state index < -0.39 is 15.9 Å². The predicted molar refractivity (Wildman–Crippen MR) is 80.1 cm³/mol. The van der Waals surface area contributed by atoms with Gasteiger partial charge in [-0.3, -0.25) is 10.1 Å². The number of amides is 1. The number of hydrogen-bond acceptors (Lipinski definition) is 6. The second kappa shape index (κ2) is 6.81. The second-order valence-corrected chi connectivity index (χ2v) is 6.63. The Balaban J connectivity index is 2.02. The molecule has 118 valence electrons. The molecule has 0 saturated heterocycles. The third kappa shape index (κ3) is 4.76. The Morgan fingerprint density at radius 1 is 1.41 bits per heavy atom. The molecule has 0 unspecified atom stereocenters. The summed E-state index contributed by atoms with van der Waals surface area (Å²) in [6.45, 7) is 0.273. The van der Waals surface area contributed by atoms with E-state index in [-0.39, 0.29) is 19.0 Å². The Bertz CT molecular complexity index is 776. The first-order chi connectivity index (χ1) is 10.3. The van der Waals surface area contributed by atoms with Crippen LogP contribution in [0.4, 0.5) is 5.95 Å². The number of benzene rings is 1. The maximum atomic E-state index is 12.1. The summed E-state index contributed by atoms with van der Waals surface area (Å²) in [4.78, 5) is 12.1. The topological polar surface area (TPSA) is 119 Å². The van der Waals surface area contributed by atoms with Gasteiger partial charge in [-0.25, -0.2) is 17.8 Å². The van der Waals surface area contributed by atoms with Gasteiger partial charge < -0.3 is 0 Å². The zero-order valence-corrected chi connectivity index (χ0v) is 13.1. The number of anilines is 1. The zero-order valence-electron chi connectivity index (χ0n) is 11.5. The van der Waals surface area contributed by atoms with Crippen LogP contribution in [0.15, 0.2) is 24.3 Å². The standard InChI is InChI=1S/C11H13ClN6O3S/c1-22(20,21)13-5-6-18-11(15-16-17-18)14-10(19)8-3-2-4-9(12)7-8/h2-4,7,13H,5-6H2,1H3,(H,14,15,17,19). The molecule has 1 aromatic carbocycles. The van der Waals surface area contributed by atoms with Crippen molar-refractivity contribution in [2.24, 2.45) is 0 Å². The van der Waals surface area contributed by atoms with Gasteiger partial charge in [-0.1, -0.05) is 22.8 Å². The van der Waals surface area contributed by atoms with E-state index >= 15 is 0 Å². The van der Waals surface area contributed by atoms with E-state index in [0.717, 1.165) is 6.26 Å². The lowest BCUT2D eigenvalue weighted by molar-refractivity contribution is 0.102. The highest BCUT2D eigenvalue weighted by atomic mass is 35.5.